The Kier molecular flexibility index (Phi) is 4.11. The summed E-state index contributed by atoms with van der Waals surface area (Å²) in [7, 11) is 2.25. The maximum absolute atomic E-state index is 3.74. The number of piperazine rings is 1. The van der Waals surface area contributed by atoms with Gasteiger partial charge in [-0.3, -0.25) is 4.90 Å². The lowest BCUT2D eigenvalue weighted by Gasteiger charge is -2.47. The highest BCUT2D eigenvalue weighted by Crippen LogP contribution is 2.27. The van der Waals surface area contributed by atoms with E-state index in [9.17, 15) is 0 Å². The molecule has 0 saturated carbocycles. The van der Waals surface area contributed by atoms with Crippen LogP contribution in [0.1, 0.15) is 25.3 Å². The Hall–Kier alpha value is -0.900. The van der Waals surface area contributed by atoms with Crippen LogP contribution in [0.15, 0.2) is 30.3 Å². The number of likely N-dealkylation sites (tertiary alicyclic amines) is 1. The number of nitrogens with zero attached hydrogens (tertiary/aromatic N) is 2. The molecule has 3 rings (SSSR count). The van der Waals surface area contributed by atoms with Gasteiger partial charge in [0.2, 0.25) is 0 Å². The highest BCUT2D eigenvalue weighted by molar-refractivity contribution is 5.25. The third-order valence-electron chi connectivity index (χ3n) is 4.96. The lowest BCUT2D eigenvalue weighted by molar-refractivity contribution is 0.0585. The van der Waals surface area contributed by atoms with Crippen molar-refractivity contribution in [3.63, 3.8) is 0 Å². The summed E-state index contributed by atoms with van der Waals surface area (Å²) in [5.74, 6) is 0. The fourth-order valence-electron chi connectivity index (χ4n) is 3.76. The van der Waals surface area contributed by atoms with Crippen LogP contribution in [0, 0.1) is 0 Å². The molecule has 1 aromatic carbocycles. The molecule has 1 N–H and O–H groups in total. The van der Waals surface area contributed by atoms with Crippen LogP contribution in [-0.4, -0.2) is 55.6 Å². The van der Waals surface area contributed by atoms with E-state index in [1.807, 2.05) is 0 Å². The molecular weight excluding hydrogens is 246 g/mol. The van der Waals surface area contributed by atoms with Gasteiger partial charge >= 0.3 is 0 Å². The van der Waals surface area contributed by atoms with Crippen molar-refractivity contribution in [2.45, 2.75) is 31.3 Å². The summed E-state index contributed by atoms with van der Waals surface area (Å²) < 4.78 is 0. The third-order valence-corrected chi connectivity index (χ3v) is 4.96. The Bertz CT molecular complexity index is 433. The molecule has 0 bridgehead atoms. The van der Waals surface area contributed by atoms with Crippen LogP contribution in [0.3, 0.4) is 0 Å². The van der Waals surface area contributed by atoms with Gasteiger partial charge in [0.25, 0.3) is 0 Å². The van der Waals surface area contributed by atoms with E-state index in [0.717, 1.165) is 19.1 Å². The fourth-order valence-corrected chi connectivity index (χ4v) is 3.76. The minimum absolute atomic E-state index is 0.0928. The Morgan fingerprint density at radius 3 is 2.75 bits per heavy atom. The molecule has 2 atom stereocenters. The monoisotopic (exact) mass is 273 g/mol. The molecule has 2 aliphatic rings. The minimum Gasteiger partial charge on any atom is -0.305 e. The van der Waals surface area contributed by atoms with Gasteiger partial charge in [0, 0.05) is 32.2 Å². The van der Waals surface area contributed by atoms with Crippen LogP contribution in [0.25, 0.3) is 0 Å². The van der Waals surface area contributed by atoms with E-state index in [0.29, 0.717) is 0 Å². The molecular formula is C17H27N3. The molecule has 0 radical (unpaired) electrons. The standard InChI is InChI=1S/C17H27N3/c1-17(15-7-4-3-5-8-15)14-20(12-10-18-17)16-9-6-11-19(2)13-16/h3-5,7-8,16,18H,6,9-14H2,1-2H3. The number of hydrogen-bond donors (Lipinski definition) is 1. The first kappa shape index (κ1) is 14.1. The summed E-state index contributed by atoms with van der Waals surface area (Å²) in [5.41, 5.74) is 1.50. The molecule has 0 aromatic heterocycles. The fraction of sp³-hybridized carbons (Fsp3) is 0.647. The second kappa shape index (κ2) is 5.84. The van der Waals surface area contributed by atoms with Crippen LogP contribution in [0.2, 0.25) is 0 Å². The summed E-state index contributed by atoms with van der Waals surface area (Å²) in [5, 5.41) is 3.74. The predicted molar refractivity (Wildman–Crippen MR) is 83.9 cm³/mol. The van der Waals surface area contributed by atoms with Crippen molar-refractivity contribution in [3.8, 4) is 0 Å². The van der Waals surface area contributed by atoms with Crippen LogP contribution < -0.4 is 5.32 Å². The average Bonchev–Trinajstić information content (AvgIpc) is 2.48. The van der Waals surface area contributed by atoms with Crippen molar-refractivity contribution in [2.24, 2.45) is 0 Å². The lowest BCUT2D eigenvalue weighted by Crippen LogP contribution is -2.61. The number of rotatable bonds is 2. The quantitative estimate of drug-likeness (QED) is 0.888. The van der Waals surface area contributed by atoms with Crippen molar-refractivity contribution in [1.82, 2.24) is 15.1 Å². The molecule has 3 heteroatoms. The molecule has 2 unspecified atom stereocenters. The van der Waals surface area contributed by atoms with E-state index in [1.54, 1.807) is 0 Å². The molecule has 2 saturated heterocycles. The number of benzene rings is 1. The van der Waals surface area contributed by atoms with E-state index < -0.39 is 0 Å². The van der Waals surface area contributed by atoms with Gasteiger partial charge in [-0.2, -0.15) is 0 Å². The molecule has 20 heavy (non-hydrogen) atoms. The van der Waals surface area contributed by atoms with Crippen molar-refractivity contribution in [2.75, 3.05) is 39.8 Å². The molecule has 0 amide bonds. The average molecular weight is 273 g/mol. The largest absolute Gasteiger partial charge is 0.305 e. The predicted octanol–water partition coefficient (Wildman–Crippen LogP) is 1.90. The number of piperidine rings is 1. The second-order valence-electron chi connectivity index (χ2n) is 6.65. The summed E-state index contributed by atoms with van der Waals surface area (Å²) in [6.45, 7) is 8.23. The van der Waals surface area contributed by atoms with Crippen LogP contribution >= 0.6 is 0 Å². The van der Waals surface area contributed by atoms with Crippen LogP contribution in [-0.2, 0) is 5.54 Å². The summed E-state index contributed by atoms with van der Waals surface area (Å²) in [4.78, 5) is 5.19. The second-order valence-corrected chi connectivity index (χ2v) is 6.65. The SMILES string of the molecule is CN1CCCC(N2CCNC(C)(c3ccccc3)C2)C1. The van der Waals surface area contributed by atoms with Crippen LogP contribution in [0.4, 0.5) is 0 Å². The molecule has 3 nitrogen and oxygen atoms in total. The topological polar surface area (TPSA) is 18.5 Å². The van der Waals surface area contributed by atoms with Gasteiger partial charge in [0.05, 0.1) is 5.54 Å². The Morgan fingerprint density at radius 1 is 1.20 bits per heavy atom. The normalized spacial score (nSPS) is 33.2. The molecule has 1 aromatic rings. The van der Waals surface area contributed by atoms with E-state index in [1.165, 1.54) is 38.0 Å². The summed E-state index contributed by atoms with van der Waals surface area (Å²) >= 11 is 0. The van der Waals surface area contributed by atoms with E-state index in [2.05, 4.69) is 59.4 Å². The van der Waals surface area contributed by atoms with Gasteiger partial charge in [-0.15, -0.1) is 0 Å². The first-order valence-corrected chi connectivity index (χ1v) is 7.90. The highest BCUT2D eigenvalue weighted by atomic mass is 15.3. The van der Waals surface area contributed by atoms with E-state index in [-0.39, 0.29) is 5.54 Å². The highest BCUT2D eigenvalue weighted by Gasteiger charge is 2.35. The molecule has 0 spiro atoms. The molecule has 0 aliphatic carbocycles. The summed E-state index contributed by atoms with van der Waals surface area (Å²) in [6.07, 6.45) is 2.70. The summed E-state index contributed by atoms with van der Waals surface area (Å²) in [6, 6.07) is 11.6. The zero-order valence-corrected chi connectivity index (χ0v) is 12.8. The van der Waals surface area contributed by atoms with Crippen molar-refractivity contribution < 1.29 is 0 Å². The van der Waals surface area contributed by atoms with Gasteiger partial charge < -0.3 is 10.2 Å². The smallest absolute Gasteiger partial charge is 0.0535 e. The molecule has 2 heterocycles. The number of likely N-dealkylation sites (N-methyl/N-ethyl adjacent to an activating group) is 1. The van der Waals surface area contributed by atoms with Crippen molar-refractivity contribution >= 4 is 0 Å². The van der Waals surface area contributed by atoms with Gasteiger partial charge in [-0.1, -0.05) is 30.3 Å². The van der Waals surface area contributed by atoms with E-state index in [4.69, 9.17) is 0 Å². The van der Waals surface area contributed by atoms with Gasteiger partial charge in [0.15, 0.2) is 0 Å². The third kappa shape index (κ3) is 2.90. The molecule has 2 fully saturated rings. The number of nitrogens with one attached hydrogen (secondary N) is 1. The first-order valence-electron chi connectivity index (χ1n) is 7.90. The van der Waals surface area contributed by atoms with Crippen molar-refractivity contribution in [1.29, 1.82) is 0 Å². The zero-order valence-electron chi connectivity index (χ0n) is 12.8. The molecule has 2 aliphatic heterocycles. The Labute approximate surface area is 123 Å². The van der Waals surface area contributed by atoms with Gasteiger partial charge in [-0.05, 0) is 38.9 Å². The first-order chi connectivity index (χ1) is 9.67. The Balaban J connectivity index is 1.73. The Morgan fingerprint density at radius 2 is 2.00 bits per heavy atom. The van der Waals surface area contributed by atoms with Crippen LogP contribution in [0.5, 0.6) is 0 Å². The van der Waals surface area contributed by atoms with Crippen molar-refractivity contribution in [3.05, 3.63) is 35.9 Å². The lowest BCUT2D eigenvalue weighted by atomic mass is 9.88. The van der Waals surface area contributed by atoms with Gasteiger partial charge in [0.1, 0.15) is 0 Å². The number of hydrogen-bond acceptors (Lipinski definition) is 3. The minimum atomic E-state index is 0.0928. The van der Waals surface area contributed by atoms with E-state index >= 15 is 0 Å². The zero-order chi connectivity index (χ0) is 14.0. The maximum Gasteiger partial charge on any atom is 0.0535 e. The maximum atomic E-state index is 3.74. The molecule has 110 valence electrons. The van der Waals surface area contributed by atoms with Gasteiger partial charge in [-0.25, -0.2) is 0 Å².